The fraction of sp³-hybridized carbons (Fsp3) is 0.600. The molecule has 1 nitrogen and oxygen atoms in total. The minimum Gasteiger partial charge on any atom is -0.388 e. The zero-order chi connectivity index (χ0) is 8.43. The normalized spacial score (nSPS) is 31.1. The maximum atomic E-state index is 9.61. The van der Waals surface area contributed by atoms with Gasteiger partial charge >= 0.3 is 0 Å². The molecule has 0 aromatic carbocycles. The molecule has 1 heteroatoms. The third-order valence-corrected chi connectivity index (χ3v) is 2.47. The fourth-order valence-electron chi connectivity index (χ4n) is 1.38. The Bertz CT molecular complexity index is 172. The molecule has 0 amide bonds. The first kappa shape index (κ1) is 8.54. The van der Waals surface area contributed by atoms with Gasteiger partial charge in [-0.1, -0.05) is 19.6 Å². The summed E-state index contributed by atoms with van der Waals surface area (Å²) in [5.74, 6) is 0.952. The predicted molar refractivity (Wildman–Crippen MR) is 47.2 cm³/mol. The van der Waals surface area contributed by atoms with Crippen molar-refractivity contribution < 1.29 is 5.11 Å². The highest BCUT2D eigenvalue weighted by Crippen LogP contribution is 2.43. The second-order valence-electron chi connectivity index (χ2n) is 3.26. The first-order valence-electron chi connectivity index (χ1n) is 4.19. The molecule has 1 saturated carbocycles. The second-order valence-corrected chi connectivity index (χ2v) is 3.26. The van der Waals surface area contributed by atoms with Gasteiger partial charge in [-0.2, -0.15) is 0 Å². The topological polar surface area (TPSA) is 20.2 Å². The highest BCUT2D eigenvalue weighted by atomic mass is 16.3. The standard InChI is InChI=1S/C10H16O/c1-4-7(3)10(11)9-6-8(9)5-2/h5,8-11H,2-4,6H2,1H3. The Labute approximate surface area is 68.4 Å². The van der Waals surface area contributed by atoms with Crippen LogP contribution in [0.4, 0.5) is 0 Å². The van der Waals surface area contributed by atoms with E-state index in [0.29, 0.717) is 11.8 Å². The van der Waals surface area contributed by atoms with Gasteiger partial charge in [0, 0.05) is 0 Å². The van der Waals surface area contributed by atoms with E-state index in [1.807, 2.05) is 13.0 Å². The first-order chi connectivity index (χ1) is 5.20. The summed E-state index contributed by atoms with van der Waals surface area (Å²) in [7, 11) is 0. The zero-order valence-electron chi connectivity index (χ0n) is 7.09. The van der Waals surface area contributed by atoms with Crippen LogP contribution < -0.4 is 0 Å². The van der Waals surface area contributed by atoms with Gasteiger partial charge in [0.25, 0.3) is 0 Å². The highest BCUT2D eigenvalue weighted by Gasteiger charge is 2.40. The van der Waals surface area contributed by atoms with Crippen molar-refractivity contribution in [3.05, 3.63) is 24.8 Å². The quantitative estimate of drug-likeness (QED) is 0.612. The van der Waals surface area contributed by atoms with E-state index in [0.717, 1.165) is 18.4 Å². The van der Waals surface area contributed by atoms with Crippen molar-refractivity contribution in [2.75, 3.05) is 0 Å². The smallest absolute Gasteiger partial charge is 0.0781 e. The third-order valence-electron chi connectivity index (χ3n) is 2.47. The molecule has 0 radical (unpaired) electrons. The summed E-state index contributed by atoms with van der Waals surface area (Å²) >= 11 is 0. The molecule has 0 bridgehead atoms. The molecule has 11 heavy (non-hydrogen) atoms. The van der Waals surface area contributed by atoms with Gasteiger partial charge < -0.3 is 5.11 Å². The third kappa shape index (κ3) is 1.72. The van der Waals surface area contributed by atoms with Gasteiger partial charge in [-0.3, -0.25) is 0 Å². The lowest BCUT2D eigenvalue weighted by Gasteiger charge is -2.10. The van der Waals surface area contributed by atoms with Crippen LogP contribution in [0.5, 0.6) is 0 Å². The molecule has 0 heterocycles. The van der Waals surface area contributed by atoms with Gasteiger partial charge in [-0.15, -0.1) is 6.58 Å². The van der Waals surface area contributed by atoms with Crippen LogP contribution in [0.25, 0.3) is 0 Å². The highest BCUT2D eigenvalue weighted by molar-refractivity contribution is 5.12. The molecule has 1 aliphatic carbocycles. The van der Waals surface area contributed by atoms with Gasteiger partial charge in [0.05, 0.1) is 6.10 Å². The maximum absolute atomic E-state index is 9.61. The molecule has 3 atom stereocenters. The SMILES string of the molecule is C=CC1CC1C(O)C(=C)CC. The van der Waals surface area contributed by atoms with E-state index >= 15 is 0 Å². The van der Waals surface area contributed by atoms with E-state index in [1.165, 1.54) is 0 Å². The summed E-state index contributed by atoms with van der Waals surface area (Å²) in [5.41, 5.74) is 0.958. The molecule has 0 aromatic heterocycles. The van der Waals surface area contributed by atoms with Crippen molar-refractivity contribution >= 4 is 0 Å². The van der Waals surface area contributed by atoms with Crippen LogP contribution in [0, 0.1) is 11.8 Å². The number of aliphatic hydroxyl groups is 1. The van der Waals surface area contributed by atoms with Crippen LogP contribution in [-0.4, -0.2) is 11.2 Å². The van der Waals surface area contributed by atoms with Crippen molar-refractivity contribution in [2.24, 2.45) is 11.8 Å². The maximum Gasteiger partial charge on any atom is 0.0781 e. The average Bonchev–Trinajstić information content (AvgIpc) is 2.80. The fourth-order valence-corrected chi connectivity index (χ4v) is 1.38. The monoisotopic (exact) mass is 152 g/mol. The van der Waals surface area contributed by atoms with Crippen molar-refractivity contribution in [2.45, 2.75) is 25.9 Å². The molecule has 3 unspecified atom stereocenters. The first-order valence-corrected chi connectivity index (χ1v) is 4.19. The Morgan fingerprint density at radius 2 is 2.45 bits per heavy atom. The molecule has 0 aromatic rings. The lowest BCUT2D eigenvalue weighted by molar-refractivity contribution is 0.180. The average molecular weight is 152 g/mol. The molecule has 1 rings (SSSR count). The minimum absolute atomic E-state index is 0.289. The Kier molecular flexibility index (Phi) is 2.50. The van der Waals surface area contributed by atoms with Crippen LogP contribution >= 0.6 is 0 Å². The number of rotatable bonds is 4. The Balaban J connectivity index is 2.38. The summed E-state index contributed by atoms with van der Waals surface area (Å²) in [4.78, 5) is 0. The van der Waals surface area contributed by atoms with Crippen molar-refractivity contribution in [1.82, 2.24) is 0 Å². The lowest BCUT2D eigenvalue weighted by Crippen LogP contribution is -2.12. The van der Waals surface area contributed by atoms with Crippen LogP contribution in [0.3, 0.4) is 0 Å². The van der Waals surface area contributed by atoms with Crippen molar-refractivity contribution in [1.29, 1.82) is 0 Å². The van der Waals surface area contributed by atoms with E-state index in [-0.39, 0.29) is 6.10 Å². The molecule has 1 N–H and O–H groups in total. The van der Waals surface area contributed by atoms with Gasteiger partial charge in [0.15, 0.2) is 0 Å². The number of aliphatic hydroxyl groups excluding tert-OH is 1. The van der Waals surface area contributed by atoms with E-state index < -0.39 is 0 Å². The van der Waals surface area contributed by atoms with E-state index in [4.69, 9.17) is 0 Å². The molecular formula is C10H16O. The molecule has 0 saturated heterocycles. The molecule has 1 fully saturated rings. The summed E-state index contributed by atoms with van der Waals surface area (Å²) in [6, 6.07) is 0. The summed E-state index contributed by atoms with van der Waals surface area (Å²) in [5, 5.41) is 9.61. The van der Waals surface area contributed by atoms with Gasteiger partial charge in [-0.25, -0.2) is 0 Å². The van der Waals surface area contributed by atoms with E-state index in [9.17, 15) is 5.11 Å². The molecular weight excluding hydrogens is 136 g/mol. The minimum atomic E-state index is -0.289. The van der Waals surface area contributed by atoms with Crippen LogP contribution in [-0.2, 0) is 0 Å². The summed E-state index contributed by atoms with van der Waals surface area (Å²) < 4.78 is 0. The number of hydrogen-bond acceptors (Lipinski definition) is 1. The Hall–Kier alpha value is -0.560. The van der Waals surface area contributed by atoms with Crippen LogP contribution in [0.1, 0.15) is 19.8 Å². The van der Waals surface area contributed by atoms with Crippen molar-refractivity contribution in [3.63, 3.8) is 0 Å². The van der Waals surface area contributed by atoms with Crippen LogP contribution in [0.2, 0.25) is 0 Å². The van der Waals surface area contributed by atoms with Crippen molar-refractivity contribution in [3.8, 4) is 0 Å². The largest absolute Gasteiger partial charge is 0.388 e. The molecule has 1 aliphatic rings. The van der Waals surface area contributed by atoms with Gasteiger partial charge in [0.2, 0.25) is 0 Å². The second kappa shape index (κ2) is 3.22. The zero-order valence-corrected chi connectivity index (χ0v) is 7.09. The Morgan fingerprint density at radius 3 is 2.82 bits per heavy atom. The number of hydrogen-bond donors (Lipinski definition) is 1. The Morgan fingerprint density at radius 1 is 1.82 bits per heavy atom. The molecule has 0 spiro atoms. The van der Waals surface area contributed by atoms with Gasteiger partial charge in [-0.05, 0) is 30.3 Å². The van der Waals surface area contributed by atoms with Crippen LogP contribution in [0.15, 0.2) is 24.8 Å². The van der Waals surface area contributed by atoms with Gasteiger partial charge in [0.1, 0.15) is 0 Å². The molecule has 0 aliphatic heterocycles. The summed E-state index contributed by atoms with van der Waals surface area (Å²) in [6.45, 7) is 9.54. The summed E-state index contributed by atoms with van der Waals surface area (Å²) in [6.07, 6.45) is 3.60. The van der Waals surface area contributed by atoms with E-state index in [1.54, 1.807) is 0 Å². The number of allylic oxidation sites excluding steroid dienone is 1. The molecule has 62 valence electrons. The van der Waals surface area contributed by atoms with E-state index in [2.05, 4.69) is 13.2 Å². The predicted octanol–water partition coefficient (Wildman–Crippen LogP) is 2.14. The lowest BCUT2D eigenvalue weighted by atomic mass is 10.0.